The van der Waals surface area contributed by atoms with E-state index in [9.17, 15) is 9.18 Å². The SMILES string of the molecule is CCOC(=NCc1ccccn1)NC(=O)c1cccc(F)c1. The first-order chi connectivity index (χ1) is 10.7. The topological polar surface area (TPSA) is 63.6 Å². The lowest BCUT2D eigenvalue weighted by molar-refractivity contribution is 0.0965. The van der Waals surface area contributed by atoms with Gasteiger partial charge >= 0.3 is 0 Å². The lowest BCUT2D eigenvalue weighted by Crippen LogP contribution is -2.32. The van der Waals surface area contributed by atoms with E-state index in [1.54, 1.807) is 13.1 Å². The third kappa shape index (κ3) is 4.66. The number of hydrogen-bond donors (Lipinski definition) is 1. The first-order valence-corrected chi connectivity index (χ1v) is 6.83. The molecule has 0 saturated heterocycles. The highest BCUT2D eigenvalue weighted by atomic mass is 19.1. The summed E-state index contributed by atoms with van der Waals surface area (Å²) in [5, 5.41) is 2.53. The van der Waals surface area contributed by atoms with E-state index in [-0.39, 0.29) is 18.1 Å². The molecule has 2 aromatic rings. The fourth-order valence-corrected chi connectivity index (χ4v) is 1.70. The van der Waals surface area contributed by atoms with Crippen molar-refractivity contribution in [1.82, 2.24) is 10.3 Å². The highest BCUT2D eigenvalue weighted by molar-refractivity contribution is 6.04. The van der Waals surface area contributed by atoms with Crippen molar-refractivity contribution in [3.63, 3.8) is 0 Å². The average Bonchev–Trinajstić information content (AvgIpc) is 2.54. The smallest absolute Gasteiger partial charge is 0.292 e. The predicted molar refractivity (Wildman–Crippen MR) is 80.9 cm³/mol. The third-order valence-electron chi connectivity index (χ3n) is 2.70. The molecule has 0 aliphatic heterocycles. The molecule has 0 aliphatic carbocycles. The van der Waals surface area contributed by atoms with Gasteiger partial charge in [-0.25, -0.2) is 9.38 Å². The quantitative estimate of drug-likeness (QED) is 0.697. The monoisotopic (exact) mass is 301 g/mol. The standard InChI is InChI=1S/C16H16FN3O2/c1-2-22-16(19-11-14-8-3-4-9-18-14)20-15(21)12-6-5-7-13(17)10-12/h3-10H,2,11H2,1H3,(H,19,20,21). The van der Waals surface area contributed by atoms with Crippen LogP contribution in [0.4, 0.5) is 4.39 Å². The van der Waals surface area contributed by atoms with E-state index in [1.165, 1.54) is 18.2 Å². The molecule has 2 rings (SSSR count). The molecule has 0 fully saturated rings. The number of benzene rings is 1. The minimum atomic E-state index is -0.479. The van der Waals surface area contributed by atoms with E-state index in [1.807, 2.05) is 18.2 Å². The number of aromatic nitrogens is 1. The van der Waals surface area contributed by atoms with Crippen LogP contribution in [0.1, 0.15) is 23.0 Å². The average molecular weight is 301 g/mol. The lowest BCUT2D eigenvalue weighted by atomic mass is 10.2. The van der Waals surface area contributed by atoms with Crippen LogP contribution < -0.4 is 5.32 Å². The van der Waals surface area contributed by atoms with Crippen molar-refractivity contribution in [3.8, 4) is 0 Å². The van der Waals surface area contributed by atoms with Crippen molar-refractivity contribution < 1.29 is 13.9 Å². The van der Waals surface area contributed by atoms with Gasteiger partial charge in [-0.05, 0) is 37.3 Å². The molecule has 0 aliphatic rings. The second kappa shape index (κ2) is 7.87. The summed E-state index contributed by atoms with van der Waals surface area (Å²) in [6.07, 6.45) is 1.66. The number of amides is 1. The van der Waals surface area contributed by atoms with Gasteiger partial charge in [0.25, 0.3) is 11.9 Å². The molecule has 1 N–H and O–H groups in total. The summed E-state index contributed by atoms with van der Waals surface area (Å²) in [7, 11) is 0. The van der Waals surface area contributed by atoms with Gasteiger partial charge in [-0.15, -0.1) is 0 Å². The molecule has 1 amide bonds. The number of carbonyl (C=O) groups excluding carboxylic acids is 1. The Morgan fingerprint density at radius 2 is 2.18 bits per heavy atom. The second-order valence-corrected chi connectivity index (χ2v) is 4.34. The van der Waals surface area contributed by atoms with E-state index in [0.29, 0.717) is 6.61 Å². The van der Waals surface area contributed by atoms with Gasteiger partial charge in [0.1, 0.15) is 5.82 Å². The predicted octanol–water partition coefficient (Wildman–Crippen LogP) is 2.54. The number of rotatable bonds is 4. The third-order valence-corrected chi connectivity index (χ3v) is 2.70. The number of pyridine rings is 1. The molecule has 0 saturated carbocycles. The van der Waals surface area contributed by atoms with Crippen molar-refractivity contribution >= 4 is 11.9 Å². The zero-order valence-electron chi connectivity index (χ0n) is 12.1. The Bertz CT molecular complexity index is 659. The molecule has 0 radical (unpaired) electrons. The maximum atomic E-state index is 13.1. The van der Waals surface area contributed by atoms with Crippen LogP contribution in [0, 0.1) is 5.82 Å². The number of nitrogens with one attached hydrogen (secondary N) is 1. The van der Waals surface area contributed by atoms with Crippen LogP contribution in [0.25, 0.3) is 0 Å². The normalized spacial score (nSPS) is 11.1. The molecule has 5 nitrogen and oxygen atoms in total. The summed E-state index contributed by atoms with van der Waals surface area (Å²) >= 11 is 0. The van der Waals surface area contributed by atoms with E-state index in [0.717, 1.165) is 11.8 Å². The summed E-state index contributed by atoms with van der Waals surface area (Å²) in [5.74, 6) is -0.955. The number of amidine groups is 1. The van der Waals surface area contributed by atoms with E-state index < -0.39 is 11.7 Å². The van der Waals surface area contributed by atoms with Crippen molar-refractivity contribution in [3.05, 3.63) is 65.7 Å². The van der Waals surface area contributed by atoms with Crippen LogP contribution in [-0.2, 0) is 11.3 Å². The van der Waals surface area contributed by atoms with Crippen LogP contribution in [0.15, 0.2) is 53.7 Å². The minimum Gasteiger partial charge on any atom is -0.465 e. The second-order valence-electron chi connectivity index (χ2n) is 4.34. The van der Waals surface area contributed by atoms with Crippen LogP contribution in [-0.4, -0.2) is 23.5 Å². The van der Waals surface area contributed by atoms with E-state index in [4.69, 9.17) is 4.74 Å². The van der Waals surface area contributed by atoms with Gasteiger partial charge in [0.2, 0.25) is 0 Å². The molecule has 114 valence electrons. The zero-order chi connectivity index (χ0) is 15.8. The van der Waals surface area contributed by atoms with Crippen molar-refractivity contribution in [2.24, 2.45) is 4.99 Å². The van der Waals surface area contributed by atoms with Crippen molar-refractivity contribution in [2.45, 2.75) is 13.5 Å². The Morgan fingerprint density at radius 1 is 1.32 bits per heavy atom. The van der Waals surface area contributed by atoms with E-state index in [2.05, 4.69) is 15.3 Å². The number of carbonyl (C=O) groups is 1. The zero-order valence-corrected chi connectivity index (χ0v) is 12.1. The molecule has 6 heteroatoms. The first-order valence-electron chi connectivity index (χ1n) is 6.83. The van der Waals surface area contributed by atoms with Crippen molar-refractivity contribution in [1.29, 1.82) is 0 Å². The Balaban J connectivity index is 2.06. The molecule has 1 heterocycles. The summed E-state index contributed by atoms with van der Waals surface area (Å²) < 4.78 is 18.4. The molecular formula is C16H16FN3O2. The number of hydrogen-bond acceptors (Lipinski definition) is 4. The van der Waals surface area contributed by atoms with Crippen LogP contribution in [0.5, 0.6) is 0 Å². The maximum absolute atomic E-state index is 13.1. The summed E-state index contributed by atoms with van der Waals surface area (Å²) in [6, 6.07) is 11.0. The van der Waals surface area contributed by atoms with Gasteiger partial charge < -0.3 is 4.74 Å². The largest absolute Gasteiger partial charge is 0.465 e. The van der Waals surface area contributed by atoms with Gasteiger partial charge in [0.05, 0.1) is 18.8 Å². The fraction of sp³-hybridized carbons (Fsp3) is 0.188. The Labute approximate surface area is 127 Å². The molecule has 0 spiro atoms. The Kier molecular flexibility index (Phi) is 5.59. The van der Waals surface area contributed by atoms with Crippen LogP contribution in [0.2, 0.25) is 0 Å². The van der Waals surface area contributed by atoms with Gasteiger partial charge in [0, 0.05) is 11.8 Å². The minimum absolute atomic E-state index is 0.0856. The molecule has 22 heavy (non-hydrogen) atoms. The fourth-order valence-electron chi connectivity index (χ4n) is 1.70. The van der Waals surface area contributed by atoms with Gasteiger partial charge in [-0.1, -0.05) is 12.1 Å². The molecule has 0 bridgehead atoms. The molecular weight excluding hydrogens is 285 g/mol. The highest BCUT2D eigenvalue weighted by Crippen LogP contribution is 2.03. The Morgan fingerprint density at radius 3 is 2.86 bits per heavy atom. The molecule has 0 atom stereocenters. The summed E-state index contributed by atoms with van der Waals surface area (Å²) in [5.41, 5.74) is 0.949. The number of nitrogens with zero attached hydrogens (tertiary/aromatic N) is 2. The van der Waals surface area contributed by atoms with Crippen molar-refractivity contribution in [2.75, 3.05) is 6.61 Å². The van der Waals surface area contributed by atoms with Gasteiger partial charge in [-0.2, -0.15) is 0 Å². The van der Waals surface area contributed by atoms with Crippen LogP contribution >= 0.6 is 0 Å². The van der Waals surface area contributed by atoms with Gasteiger partial charge in [-0.3, -0.25) is 15.1 Å². The number of aliphatic imine (C=N–C) groups is 1. The number of halogens is 1. The summed E-state index contributed by atoms with van der Waals surface area (Å²) in [6.45, 7) is 2.41. The van der Waals surface area contributed by atoms with Gasteiger partial charge in [0.15, 0.2) is 0 Å². The summed E-state index contributed by atoms with van der Waals surface area (Å²) in [4.78, 5) is 20.4. The Hall–Kier alpha value is -2.76. The first kappa shape index (κ1) is 15.6. The van der Waals surface area contributed by atoms with Crippen LogP contribution in [0.3, 0.4) is 0 Å². The maximum Gasteiger partial charge on any atom is 0.292 e. The number of ether oxygens (including phenoxy) is 1. The molecule has 1 aromatic heterocycles. The molecule has 1 aromatic carbocycles. The van der Waals surface area contributed by atoms with E-state index >= 15 is 0 Å². The lowest BCUT2D eigenvalue weighted by Gasteiger charge is -2.09. The molecule has 0 unspecified atom stereocenters. The highest BCUT2D eigenvalue weighted by Gasteiger charge is 2.10.